The molecule has 0 bridgehead atoms. The summed E-state index contributed by atoms with van der Waals surface area (Å²) in [4.78, 5) is 0. The Morgan fingerprint density at radius 3 is 2.33 bits per heavy atom. The minimum atomic E-state index is 0.538. The van der Waals surface area contributed by atoms with Crippen LogP contribution in [0.3, 0.4) is 0 Å². The molecule has 0 aromatic carbocycles. The van der Waals surface area contributed by atoms with Crippen LogP contribution in [0.1, 0.15) is 52.9 Å². The first-order valence-corrected chi connectivity index (χ1v) is 5.18. The largest absolute Gasteiger partial charge is 0.330 e. The predicted octanol–water partition coefficient (Wildman–Crippen LogP) is 2.94. The van der Waals surface area contributed by atoms with Crippen molar-refractivity contribution in [1.29, 1.82) is 0 Å². The third-order valence-electron chi connectivity index (χ3n) is 3.29. The summed E-state index contributed by atoms with van der Waals surface area (Å²) in [5.41, 5.74) is 6.73. The van der Waals surface area contributed by atoms with Gasteiger partial charge in [-0.2, -0.15) is 0 Å². The van der Waals surface area contributed by atoms with Crippen LogP contribution < -0.4 is 5.73 Å². The Balaban J connectivity index is 2.55. The van der Waals surface area contributed by atoms with Crippen molar-refractivity contribution >= 4 is 0 Å². The molecule has 1 heteroatoms. The maximum absolute atomic E-state index is 5.63. The molecule has 0 radical (unpaired) electrons. The molecule has 1 aliphatic rings. The van der Waals surface area contributed by atoms with Crippen LogP contribution in [0, 0.1) is 10.8 Å². The maximum atomic E-state index is 5.63. The summed E-state index contributed by atoms with van der Waals surface area (Å²) in [5, 5.41) is 0. The lowest BCUT2D eigenvalue weighted by Gasteiger charge is -2.42. The van der Waals surface area contributed by atoms with E-state index in [1.165, 1.54) is 32.1 Å². The summed E-state index contributed by atoms with van der Waals surface area (Å²) in [7, 11) is 0. The quantitative estimate of drug-likeness (QED) is 0.675. The Kier molecular flexibility index (Phi) is 2.82. The van der Waals surface area contributed by atoms with Gasteiger partial charge in [-0.05, 0) is 43.1 Å². The Labute approximate surface area is 76.7 Å². The monoisotopic (exact) mass is 169 g/mol. The highest BCUT2D eigenvalue weighted by atomic mass is 14.5. The zero-order valence-corrected chi connectivity index (χ0v) is 8.82. The van der Waals surface area contributed by atoms with Crippen LogP contribution in [0.4, 0.5) is 0 Å². The van der Waals surface area contributed by atoms with Gasteiger partial charge in [0.1, 0.15) is 0 Å². The van der Waals surface area contributed by atoms with E-state index in [1.807, 2.05) is 0 Å². The van der Waals surface area contributed by atoms with Crippen molar-refractivity contribution in [1.82, 2.24) is 0 Å². The van der Waals surface area contributed by atoms with Gasteiger partial charge < -0.3 is 5.73 Å². The fraction of sp³-hybridized carbons (Fsp3) is 1.00. The first-order chi connectivity index (χ1) is 5.47. The third kappa shape index (κ3) is 2.48. The molecule has 1 unspecified atom stereocenters. The van der Waals surface area contributed by atoms with E-state index in [-0.39, 0.29) is 0 Å². The molecule has 0 aromatic heterocycles. The van der Waals surface area contributed by atoms with E-state index >= 15 is 0 Å². The molecule has 2 N–H and O–H groups in total. The fourth-order valence-electron chi connectivity index (χ4n) is 2.89. The molecule has 1 rings (SSSR count). The molecular formula is C11H23N. The third-order valence-corrected chi connectivity index (χ3v) is 3.29. The summed E-state index contributed by atoms with van der Waals surface area (Å²) in [6.07, 6.45) is 6.73. The van der Waals surface area contributed by atoms with Gasteiger partial charge in [-0.25, -0.2) is 0 Å². The Morgan fingerprint density at radius 1 is 1.17 bits per heavy atom. The van der Waals surface area contributed by atoms with E-state index in [4.69, 9.17) is 5.73 Å². The van der Waals surface area contributed by atoms with Crippen LogP contribution in [0.15, 0.2) is 0 Å². The molecule has 1 nitrogen and oxygen atoms in total. The van der Waals surface area contributed by atoms with Gasteiger partial charge in [0, 0.05) is 0 Å². The van der Waals surface area contributed by atoms with Crippen molar-refractivity contribution in [3.05, 3.63) is 0 Å². The summed E-state index contributed by atoms with van der Waals surface area (Å²) >= 11 is 0. The van der Waals surface area contributed by atoms with Gasteiger partial charge in [0.25, 0.3) is 0 Å². The highest BCUT2D eigenvalue weighted by molar-refractivity contribution is 4.87. The van der Waals surface area contributed by atoms with E-state index in [0.29, 0.717) is 10.8 Å². The van der Waals surface area contributed by atoms with Gasteiger partial charge in [0.2, 0.25) is 0 Å². The topological polar surface area (TPSA) is 26.0 Å². The smallest absolute Gasteiger partial charge is 0.00721 e. The molecular weight excluding hydrogens is 146 g/mol. The van der Waals surface area contributed by atoms with Crippen LogP contribution in [-0.2, 0) is 0 Å². The van der Waals surface area contributed by atoms with Crippen molar-refractivity contribution < 1.29 is 0 Å². The second kappa shape index (κ2) is 3.37. The Morgan fingerprint density at radius 2 is 1.83 bits per heavy atom. The molecule has 0 aliphatic heterocycles. The predicted molar refractivity (Wildman–Crippen MR) is 54.0 cm³/mol. The van der Waals surface area contributed by atoms with E-state index in [0.717, 1.165) is 6.54 Å². The number of hydrogen-bond acceptors (Lipinski definition) is 1. The van der Waals surface area contributed by atoms with Gasteiger partial charge in [0.15, 0.2) is 0 Å². The standard InChI is InChI=1S/C11H23N/c1-10(2)5-4-6-11(3,9-10)7-8-12/h4-9,12H2,1-3H3. The summed E-state index contributed by atoms with van der Waals surface area (Å²) in [6.45, 7) is 8.04. The average molecular weight is 169 g/mol. The summed E-state index contributed by atoms with van der Waals surface area (Å²) in [6, 6.07) is 0. The summed E-state index contributed by atoms with van der Waals surface area (Å²) < 4.78 is 0. The Hall–Kier alpha value is -0.0400. The highest BCUT2D eigenvalue weighted by Gasteiger charge is 2.35. The van der Waals surface area contributed by atoms with Crippen molar-refractivity contribution in [3.63, 3.8) is 0 Å². The van der Waals surface area contributed by atoms with E-state index in [1.54, 1.807) is 0 Å². The number of hydrogen-bond donors (Lipinski definition) is 1. The average Bonchev–Trinajstić information content (AvgIpc) is 1.83. The molecule has 1 aliphatic carbocycles. The summed E-state index contributed by atoms with van der Waals surface area (Å²) in [5.74, 6) is 0. The van der Waals surface area contributed by atoms with Gasteiger partial charge in [0.05, 0.1) is 0 Å². The van der Waals surface area contributed by atoms with Gasteiger partial charge in [-0.1, -0.05) is 27.2 Å². The Bertz CT molecular complexity index is 147. The molecule has 12 heavy (non-hydrogen) atoms. The molecule has 0 amide bonds. The molecule has 1 saturated carbocycles. The van der Waals surface area contributed by atoms with Crippen LogP contribution in [-0.4, -0.2) is 6.54 Å². The van der Waals surface area contributed by atoms with E-state index in [2.05, 4.69) is 20.8 Å². The highest BCUT2D eigenvalue weighted by Crippen LogP contribution is 2.47. The SMILES string of the molecule is CC1(C)CCCC(C)(CCN)C1. The lowest BCUT2D eigenvalue weighted by Crippen LogP contribution is -2.32. The molecule has 1 fully saturated rings. The van der Waals surface area contributed by atoms with E-state index < -0.39 is 0 Å². The van der Waals surface area contributed by atoms with Crippen LogP contribution in [0.5, 0.6) is 0 Å². The molecule has 0 aromatic rings. The molecule has 0 spiro atoms. The second-order valence-corrected chi connectivity index (χ2v) is 5.54. The van der Waals surface area contributed by atoms with Crippen LogP contribution in [0.2, 0.25) is 0 Å². The van der Waals surface area contributed by atoms with Crippen molar-refractivity contribution in [3.8, 4) is 0 Å². The minimum absolute atomic E-state index is 0.538. The second-order valence-electron chi connectivity index (χ2n) is 5.54. The van der Waals surface area contributed by atoms with Gasteiger partial charge in [-0.15, -0.1) is 0 Å². The lowest BCUT2D eigenvalue weighted by atomic mass is 9.63. The van der Waals surface area contributed by atoms with Crippen LogP contribution >= 0.6 is 0 Å². The van der Waals surface area contributed by atoms with Crippen molar-refractivity contribution in [2.24, 2.45) is 16.6 Å². The minimum Gasteiger partial charge on any atom is -0.330 e. The van der Waals surface area contributed by atoms with Gasteiger partial charge >= 0.3 is 0 Å². The van der Waals surface area contributed by atoms with Crippen molar-refractivity contribution in [2.45, 2.75) is 52.9 Å². The maximum Gasteiger partial charge on any atom is -0.00721 e. The normalized spacial score (nSPS) is 35.0. The molecule has 72 valence electrons. The van der Waals surface area contributed by atoms with Gasteiger partial charge in [-0.3, -0.25) is 0 Å². The first kappa shape index (κ1) is 10.0. The zero-order valence-electron chi connectivity index (χ0n) is 8.82. The molecule has 0 heterocycles. The van der Waals surface area contributed by atoms with Crippen molar-refractivity contribution in [2.75, 3.05) is 6.54 Å². The fourth-order valence-corrected chi connectivity index (χ4v) is 2.89. The molecule has 1 atom stereocenters. The first-order valence-electron chi connectivity index (χ1n) is 5.18. The molecule has 0 saturated heterocycles. The zero-order chi connectivity index (χ0) is 9.24. The van der Waals surface area contributed by atoms with Crippen LogP contribution in [0.25, 0.3) is 0 Å². The lowest BCUT2D eigenvalue weighted by molar-refractivity contribution is 0.0934. The number of rotatable bonds is 2. The number of nitrogens with two attached hydrogens (primary N) is 1. The van der Waals surface area contributed by atoms with E-state index in [9.17, 15) is 0 Å².